The van der Waals surface area contributed by atoms with E-state index in [-0.39, 0.29) is 5.54 Å². The van der Waals surface area contributed by atoms with E-state index in [0.717, 1.165) is 37.5 Å². The van der Waals surface area contributed by atoms with Crippen LogP contribution in [0.4, 0.5) is 0 Å². The molecule has 2 N–H and O–H groups in total. The van der Waals surface area contributed by atoms with Gasteiger partial charge in [-0.3, -0.25) is 0 Å². The molecule has 1 aromatic rings. The van der Waals surface area contributed by atoms with Crippen LogP contribution in [0.3, 0.4) is 0 Å². The smallest absolute Gasteiger partial charge is 0.122 e. The highest BCUT2D eigenvalue weighted by Crippen LogP contribution is 2.39. The van der Waals surface area contributed by atoms with Crippen molar-refractivity contribution in [2.75, 3.05) is 6.61 Å². The fourth-order valence-electron chi connectivity index (χ4n) is 3.92. The SMILES string of the molecule is CC1CCCC(N)(CCc2ccc3c(c2)CCO3)C1C. The van der Waals surface area contributed by atoms with E-state index in [1.165, 1.54) is 30.4 Å². The van der Waals surface area contributed by atoms with Crippen LogP contribution in [0.2, 0.25) is 0 Å². The van der Waals surface area contributed by atoms with Crippen LogP contribution in [0.25, 0.3) is 0 Å². The number of nitrogens with two attached hydrogens (primary N) is 1. The number of aryl methyl sites for hydroxylation is 1. The van der Waals surface area contributed by atoms with Crippen LogP contribution in [0.15, 0.2) is 18.2 Å². The van der Waals surface area contributed by atoms with Gasteiger partial charge < -0.3 is 10.5 Å². The predicted molar refractivity (Wildman–Crippen MR) is 83.1 cm³/mol. The second kappa shape index (κ2) is 5.40. The van der Waals surface area contributed by atoms with E-state index in [1.54, 1.807) is 0 Å². The predicted octanol–water partition coefficient (Wildman–Crippen LogP) is 3.71. The van der Waals surface area contributed by atoms with Crippen molar-refractivity contribution in [3.05, 3.63) is 29.3 Å². The molecule has 1 heterocycles. The minimum atomic E-state index is 0.0349. The molecule has 0 bridgehead atoms. The Morgan fingerprint density at radius 2 is 2.20 bits per heavy atom. The third kappa shape index (κ3) is 2.58. The van der Waals surface area contributed by atoms with E-state index in [1.807, 2.05) is 0 Å². The summed E-state index contributed by atoms with van der Waals surface area (Å²) in [6.45, 7) is 5.55. The molecule has 2 heteroatoms. The summed E-state index contributed by atoms with van der Waals surface area (Å²) in [6, 6.07) is 6.67. The first kappa shape index (κ1) is 13.9. The molecular formula is C18H27NO. The van der Waals surface area contributed by atoms with Crippen LogP contribution in [0.5, 0.6) is 5.75 Å². The third-order valence-corrected chi connectivity index (χ3v) is 5.70. The second-order valence-electron chi connectivity index (χ2n) is 6.93. The Labute approximate surface area is 122 Å². The van der Waals surface area contributed by atoms with Crippen molar-refractivity contribution in [2.45, 2.75) is 57.9 Å². The summed E-state index contributed by atoms with van der Waals surface area (Å²) in [5.74, 6) is 2.48. The Hall–Kier alpha value is -1.02. The van der Waals surface area contributed by atoms with Gasteiger partial charge in [-0.25, -0.2) is 0 Å². The number of hydrogen-bond donors (Lipinski definition) is 1. The van der Waals surface area contributed by atoms with Gasteiger partial charge in [-0.2, -0.15) is 0 Å². The van der Waals surface area contributed by atoms with Crippen molar-refractivity contribution in [3.63, 3.8) is 0 Å². The minimum Gasteiger partial charge on any atom is -0.493 e. The van der Waals surface area contributed by atoms with Gasteiger partial charge in [0.1, 0.15) is 5.75 Å². The second-order valence-corrected chi connectivity index (χ2v) is 6.93. The van der Waals surface area contributed by atoms with Gasteiger partial charge in [0.05, 0.1) is 6.61 Å². The molecule has 1 aliphatic heterocycles. The van der Waals surface area contributed by atoms with E-state index in [2.05, 4.69) is 32.0 Å². The van der Waals surface area contributed by atoms with Gasteiger partial charge in [0.25, 0.3) is 0 Å². The molecule has 1 aromatic carbocycles. The van der Waals surface area contributed by atoms with Crippen molar-refractivity contribution in [3.8, 4) is 5.75 Å². The normalized spacial score (nSPS) is 32.8. The standard InChI is InChI=1S/C18H27NO/c1-13-4-3-9-18(19,14(13)2)10-7-15-5-6-17-16(12-15)8-11-20-17/h5-6,12-14H,3-4,7-11,19H2,1-2H3. The fraction of sp³-hybridized carbons (Fsp3) is 0.667. The fourth-order valence-corrected chi connectivity index (χ4v) is 3.92. The van der Waals surface area contributed by atoms with Gasteiger partial charge in [0.15, 0.2) is 0 Å². The summed E-state index contributed by atoms with van der Waals surface area (Å²) in [6.07, 6.45) is 7.09. The Bertz CT molecular complexity index is 484. The zero-order chi connectivity index (χ0) is 14.2. The topological polar surface area (TPSA) is 35.2 Å². The molecule has 3 rings (SSSR count). The van der Waals surface area contributed by atoms with Gasteiger partial charge in [-0.05, 0) is 48.3 Å². The van der Waals surface area contributed by atoms with Gasteiger partial charge >= 0.3 is 0 Å². The van der Waals surface area contributed by atoms with Gasteiger partial charge in [-0.15, -0.1) is 0 Å². The number of fused-ring (bicyclic) bond motifs is 1. The Morgan fingerprint density at radius 1 is 1.35 bits per heavy atom. The first-order chi connectivity index (χ1) is 9.58. The van der Waals surface area contributed by atoms with E-state index >= 15 is 0 Å². The third-order valence-electron chi connectivity index (χ3n) is 5.70. The molecule has 2 aliphatic rings. The molecule has 0 saturated heterocycles. The molecular weight excluding hydrogens is 246 g/mol. The molecule has 3 unspecified atom stereocenters. The van der Waals surface area contributed by atoms with Gasteiger partial charge in [0.2, 0.25) is 0 Å². The molecule has 2 nitrogen and oxygen atoms in total. The Balaban J connectivity index is 1.66. The van der Waals surface area contributed by atoms with Crippen LogP contribution in [0, 0.1) is 11.8 Å². The molecule has 1 fully saturated rings. The largest absolute Gasteiger partial charge is 0.493 e. The highest BCUT2D eigenvalue weighted by atomic mass is 16.5. The quantitative estimate of drug-likeness (QED) is 0.911. The number of benzene rings is 1. The highest BCUT2D eigenvalue weighted by molar-refractivity contribution is 5.39. The van der Waals surface area contributed by atoms with Crippen molar-refractivity contribution >= 4 is 0 Å². The van der Waals surface area contributed by atoms with Crippen molar-refractivity contribution in [1.82, 2.24) is 0 Å². The summed E-state index contributed by atoms with van der Waals surface area (Å²) >= 11 is 0. The molecule has 0 spiro atoms. The van der Waals surface area contributed by atoms with E-state index in [0.29, 0.717) is 5.92 Å². The summed E-state index contributed by atoms with van der Waals surface area (Å²) in [7, 11) is 0. The van der Waals surface area contributed by atoms with Crippen LogP contribution in [0.1, 0.15) is 50.7 Å². The van der Waals surface area contributed by atoms with Crippen molar-refractivity contribution < 1.29 is 4.74 Å². The number of hydrogen-bond acceptors (Lipinski definition) is 2. The molecule has 0 aromatic heterocycles. The average Bonchev–Trinajstić information content (AvgIpc) is 2.90. The summed E-state index contributed by atoms with van der Waals surface area (Å²) in [4.78, 5) is 0. The van der Waals surface area contributed by atoms with Crippen LogP contribution in [-0.4, -0.2) is 12.1 Å². The molecule has 1 aliphatic carbocycles. The summed E-state index contributed by atoms with van der Waals surface area (Å²) < 4.78 is 5.57. The molecule has 1 saturated carbocycles. The maximum Gasteiger partial charge on any atom is 0.122 e. The molecule has 110 valence electrons. The van der Waals surface area contributed by atoms with Crippen LogP contribution < -0.4 is 10.5 Å². The Morgan fingerprint density at radius 3 is 3.05 bits per heavy atom. The maximum atomic E-state index is 6.73. The van der Waals surface area contributed by atoms with E-state index < -0.39 is 0 Å². The maximum absolute atomic E-state index is 6.73. The lowest BCUT2D eigenvalue weighted by Crippen LogP contribution is -2.51. The molecule has 20 heavy (non-hydrogen) atoms. The minimum absolute atomic E-state index is 0.0349. The average molecular weight is 273 g/mol. The van der Waals surface area contributed by atoms with Crippen molar-refractivity contribution in [2.24, 2.45) is 17.6 Å². The monoisotopic (exact) mass is 273 g/mol. The van der Waals surface area contributed by atoms with E-state index in [4.69, 9.17) is 10.5 Å². The summed E-state index contributed by atoms with van der Waals surface area (Å²) in [5.41, 5.74) is 9.56. The lowest BCUT2D eigenvalue weighted by Gasteiger charge is -2.43. The lowest BCUT2D eigenvalue weighted by atomic mass is 9.67. The zero-order valence-electron chi connectivity index (χ0n) is 12.8. The van der Waals surface area contributed by atoms with Crippen LogP contribution >= 0.6 is 0 Å². The summed E-state index contributed by atoms with van der Waals surface area (Å²) in [5, 5.41) is 0. The molecule has 0 amide bonds. The zero-order valence-corrected chi connectivity index (χ0v) is 12.8. The first-order valence-corrected chi connectivity index (χ1v) is 8.12. The molecule has 3 atom stereocenters. The van der Waals surface area contributed by atoms with Crippen molar-refractivity contribution in [1.29, 1.82) is 0 Å². The Kier molecular flexibility index (Phi) is 3.76. The lowest BCUT2D eigenvalue weighted by molar-refractivity contribution is 0.135. The van der Waals surface area contributed by atoms with Gasteiger partial charge in [0, 0.05) is 12.0 Å². The van der Waals surface area contributed by atoms with Crippen LogP contribution in [-0.2, 0) is 12.8 Å². The number of ether oxygens (including phenoxy) is 1. The first-order valence-electron chi connectivity index (χ1n) is 8.12. The number of rotatable bonds is 3. The molecule has 0 radical (unpaired) electrons. The van der Waals surface area contributed by atoms with E-state index in [9.17, 15) is 0 Å². The van der Waals surface area contributed by atoms with Gasteiger partial charge in [-0.1, -0.05) is 38.8 Å². The highest BCUT2D eigenvalue weighted by Gasteiger charge is 2.37.